The zero-order chi connectivity index (χ0) is 13.2. The van der Waals surface area contributed by atoms with Crippen molar-refractivity contribution in [1.82, 2.24) is 14.7 Å². The van der Waals surface area contributed by atoms with Gasteiger partial charge in [-0.05, 0) is 63.5 Å². The van der Waals surface area contributed by atoms with Crippen LogP contribution in [-0.4, -0.2) is 34.8 Å². The summed E-state index contributed by atoms with van der Waals surface area (Å²) in [6.45, 7) is 3.47. The van der Waals surface area contributed by atoms with E-state index < -0.39 is 0 Å². The molecular weight excluding hydrogens is 236 g/mol. The number of likely N-dealkylation sites (tertiary alicyclic amines) is 1. The van der Waals surface area contributed by atoms with E-state index in [9.17, 15) is 0 Å². The van der Waals surface area contributed by atoms with Crippen molar-refractivity contribution < 1.29 is 0 Å². The maximum absolute atomic E-state index is 5.86. The molecule has 102 valence electrons. The van der Waals surface area contributed by atoms with E-state index in [1.807, 2.05) is 24.4 Å². The van der Waals surface area contributed by atoms with Gasteiger partial charge in [-0.1, -0.05) is 0 Å². The summed E-state index contributed by atoms with van der Waals surface area (Å²) in [4.78, 5) is 2.42. The van der Waals surface area contributed by atoms with Crippen LogP contribution < -0.4 is 5.73 Å². The molecule has 3 rings (SSSR count). The molecule has 1 saturated heterocycles. The van der Waals surface area contributed by atoms with E-state index in [1.165, 1.54) is 37.7 Å². The highest BCUT2D eigenvalue weighted by atomic mass is 15.3. The van der Waals surface area contributed by atoms with E-state index >= 15 is 0 Å². The van der Waals surface area contributed by atoms with Crippen molar-refractivity contribution in [3.8, 4) is 0 Å². The van der Waals surface area contributed by atoms with Gasteiger partial charge in [0.1, 0.15) is 0 Å². The van der Waals surface area contributed by atoms with Crippen molar-refractivity contribution in [3.05, 3.63) is 24.4 Å². The Balaban J connectivity index is 1.67. The van der Waals surface area contributed by atoms with Gasteiger partial charge in [0.25, 0.3) is 0 Å². The van der Waals surface area contributed by atoms with Crippen molar-refractivity contribution in [2.24, 2.45) is 5.92 Å². The number of nitrogens with zero attached hydrogens (tertiary/aromatic N) is 3. The lowest BCUT2D eigenvalue weighted by molar-refractivity contribution is 0.207. The van der Waals surface area contributed by atoms with Crippen LogP contribution >= 0.6 is 0 Å². The summed E-state index contributed by atoms with van der Waals surface area (Å²) in [7, 11) is 2.21. The highest BCUT2D eigenvalue weighted by molar-refractivity contribution is 5.81. The van der Waals surface area contributed by atoms with Gasteiger partial charge >= 0.3 is 0 Å². The molecule has 1 fully saturated rings. The Bertz CT molecular complexity index is 552. The summed E-state index contributed by atoms with van der Waals surface area (Å²) in [6.07, 6.45) is 5.79. The van der Waals surface area contributed by atoms with Crippen LogP contribution in [0.5, 0.6) is 0 Å². The quantitative estimate of drug-likeness (QED) is 0.860. The molecule has 4 nitrogen and oxygen atoms in total. The first-order valence-corrected chi connectivity index (χ1v) is 7.12. The van der Waals surface area contributed by atoms with Crippen molar-refractivity contribution in [1.29, 1.82) is 0 Å². The van der Waals surface area contributed by atoms with Gasteiger partial charge in [0, 0.05) is 17.6 Å². The lowest BCUT2D eigenvalue weighted by Crippen LogP contribution is -2.30. The standard InChI is InChI=1S/C15H22N4/c1-18-7-4-12(5-8-18)6-9-19-15-10-14(16)3-2-13(15)11-17-19/h2-3,10-12H,4-9,16H2,1H3. The molecule has 0 unspecified atom stereocenters. The summed E-state index contributed by atoms with van der Waals surface area (Å²) >= 11 is 0. The lowest BCUT2D eigenvalue weighted by atomic mass is 9.94. The van der Waals surface area contributed by atoms with E-state index in [2.05, 4.69) is 21.7 Å². The number of piperidine rings is 1. The van der Waals surface area contributed by atoms with Crippen LogP contribution in [0.25, 0.3) is 10.9 Å². The van der Waals surface area contributed by atoms with E-state index in [4.69, 9.17) is 5.73 Å². The number of rotatable bonds is 3. The molecule has 2 N–H and O–H groups in total. The van der Waals surface area contributed by atoms with Crippen LogP contribution in [0.2, 0.25) is 0 Å². The number of fused-ring (bicyclic) bond motifs is 1. The number of aryl methyl sites for hydroxylation is 1. The predicted octanol–water partition coefficient (Wildman–Crippen LogP) is 2.35. The molecule has 1 aliphatic heterocycles. The number of nitrogen functional groups attached to an aromatic ring is 1. The van der Waals surface area contributed by atoms with Gasteiger partial charge in [0.2, 0.25) is 0 Å². The molecule has 0 spiro atoms. The number of nitrogens with two attached hydrogens (primary N) is 1. The summed E-state index contributed by atoms with van der Waals surface area (Å²) in [5.41, 5.74) is 7.83. The second-order valence-corrected chi connectivity index (χ2v) is 5.72. The van der Waals surface area contributed by atoms with Crippen LogP contribution in [0.15, 0.2) is 24.4 Å². The number of hydrogen-bond acceptors (Lipinski definition) is 3. The summed E-state index contributed by atoms with van der Waals surface area (Å²) < 4.78 is 2.10. The average molecular weight is 258 g/mol. The molecule has 2 heterocycles. The first kappa shape index (κ1) is 12.5. The zero-order valence-electron chi connectivity index (χ0n) is 11.5. The fourth-order valence-electron chi connectivity index (χ4n) is 2.92. The molecule has 0 aliphatic carbocycles. The smallest absolute Gasteiger partial charge is 0.0702 e. The maximum atomic E-state index is 5.86. The minimum Gasteiger partial charge on any atom is -0.399 e. The highest BCUT2D eigenvalue weighted by Gasteiger charge is 2.16. The fourth-order valence-corrected chi connectivity index (χ4v) is 2.92. The van der Waals surface area contributed by atoms with Crippen molar-refractivity contribution >= 4 is 16.6 Å². The Labute approximate surface area is 114 Å². The molecule has 0 bridgehead atoms. The van der Waals surface area contributed by atoms with Gasteiger partial charge in [-0.3, -0.25) is 4.68 Å². The van der Waals surface area contributed by atoms with Crippen LogP contribution in [0.3, 0.4) is 0 Å². The molecule has 4 heteroatoms. The minimum atomic E-state index is 0.813. The van der Waals surface area contributed by atoms with E-state index in [0.29, 0.717) is 0 Å². The van der Waals surface area contributed by atoms with E-state index in [1.54, 1.807) is 0 Å². The Morgan fingerprint density at radius 1 is 1.32 bits per heavy atom. The van der Waals surface area contributed by atoms with Gasteiger partial charge in [-0.15, -0.1) is 0 Å². The molecule has 0 amide bonds. The first-order chi connectivity index (χ1) is 9.22. The Morgan fingerprint density at radius 2 is 2.11 bits per heavy atom. The highest BCUT2D eigenvalue weighted by Crippen LogP contribution is 2.22. The van der Waals surface area contributed by atoms with Crippen LogP contribution in [-0.2, 0) is 6.54 Å². The molecule has 0 radical (unpaired) electrons. The number of benzene rings is 1. The first-order valence-electron chi connectivity index (χ1n) is 7.12. The number of anilines is 1. The Kier molecular flexibility index (Phi) is 3.42. The topological polar surface area (TPSA) is 47.1 Å². The SMILES string of the molecule is CN1CCC(CCn2ncc3ccc(N)cc32)CC1. The summed E-state index contributed by atoms with van der Waals surface area (Å²) in [5, 5.41) is 5.66. The second kappa shape index (κ2) is 5.21. The fraction of sp³-hybridized carbons (Fsp3) is 0.533. The maximum Gasteiger partial charge on any atom is 0.0702 e. The van der Waals surface area contributed by atoms with Gasteiger partial charge in [-0.25, -0.2) is 0 Å². The molecule has 1 aromatic heterocycles. The molecular formula is C15H22N4. The van der Waals surface area contributed by atoms with Crippen LogP contribution in [0.4, 0.5) is 5.69 Å². The Morgan fingerprint density at radius 3 is 2.89 bits per heavy atom. The monoisotopic (exact) mass is 258 g/mol. The zero-order valence-corrected chi connectivity index (χ0v) is 11.5. The molecule has 0 saturated carbocycles. The van der Waals surface area contributed by atoms with Crippen molar-refractivity contribution in [2.75, 3.05) is 25.9 Å². The third-order valence-electron chi connectivity index (χ3n) is 4.26. The minimum absolute atomic E-state index is 0.813. The number of hydrogen-bond donors (Lipinski definition) is 1. The van der Waals surface area contributed by atoms with Crippen molar-refractivity contribution in [2.45, 2.75) is 25.8 Å². The summed E-state index contributed by atoms with van der Waals surface area (Å²) in [5.74, 6) is 0.844. The van der Waals surface area contributed by atoms with Gasteiger partial charge in [-0.2, -0.15) is 5.10 Å². The third kappa shape index (κ3) is 2.73. The molecule has 1 aliphatic rings. The summed E-state index contributed by atoms with van der Waals surface area (Å²) in [6, 6.07) is 6.01. The molecule has 2 aromatic rings. The molecule has 0 atom stereocenters. The predicted molar refractivity (Wildman–Crippen MR) is 79.0 cm³/mol. The van der Waals surface area contributed by atoms with Gasteiger partial charge in [0.15, 0.2) is 0 Å². The van der Waals surface area contributed by atoms with E-state index in [-0.39, 0.29) is 0 Å². The Hall–Kier alpha value is -1.55. The van der Waals surface area contributed by atoms with Gasteiger partial charge < -0.3 is 10.6 Å². The average Bonchev–Trinajstić information content (AvgIpc) is 2.80. The van der Waals surface area contributed by atoms with Gasteiger partial charge in [0.05, 0.1) is 11.7 Å². The lowest BCUT2D eigenvalue weighted by Gasteiger charge is -2.28. The third-order valence-corrected chi connectivity index (χ3v) is 4.26. The number of aromatic nitrogens is 2. The normalized spacial score (nSPS) is 18.2. The molecule has 19 heavy (non-hydrogen) atoms. The van der Waals surface area contributed by atoms with E-state index in [0.717, 1.165) is 23.7 Å². The molecule has 1 aromatic carbocycles. The largest absolute Gasteiger partial charge is 0.399 e. The van der Waals surface area contributed by atoms with Crippen LogP contribution in [0.1, 0.15) is 19.3 Å². The van der Waals surface area contributed by atoms with Crippen molar-refractivity contribution in [3.63, 3.8) is 0 Å². The van der Waals surface area contributed by atoms with Crippen LogP contribution in [0, 0.1) is 5.92 Å². The second-order valence-electron chi connectivity index (χ2n) is 5.72.